The summed E-state index contributed by atoms with van der Waals surface area (Å²) in [6.45, 7) is 7.11. The summed E-state index contributed by atoms with van der Waals surface area (Å²) < 4.78 is 10.9. The van der Waals surface area contributed by atoms with Gasteiger partial charge in [0.1, 0.15) is 11.5 Å². The Morgan fingerprint density at radius 2 is 1.52 bits per heavy atom. The molecule has 3 rings (SSSR count). The van der Waals surface area contributed by atoms with E-state index in [1.165, 1.54) is 11.3 Å². The highest BCUT2D eigenvalue weighted by atomic mass is 32.1. The van der Waals surface area contributed by atoms with Crippen molar-refractivity contribution in [3.8, 4) is 22.8 Å². The summed E-state index contributed by atoms with van der Waals surface area (Å²) in [5, 5.41) is 3.45. The third-order valence-corrected chi connectivity index (χ3v) is 4.77. The summed E-state index contributed by atoms with van der Waals surface area (Å²) in [6.07, 6.45) is 0. The van der Waals surface area contributed by atoms with Crippen LogP contribution in [0.15, 0.2) is 48.5 Å². The molecule has 0 saturated carbocycles. The lowest BCUT2D eigenvalue weighted by Crippen LogP contribution is -2.11. The van der Waals surface area contributed by atoms with Gasteiger partial charge in [0.2, 0.25) is 0 Å². The summed E-state index contributed by atoms with van der Waals surface area (Å²) in [5.41, 5.74) is 2.42. The predicted molar refractivity (Wildman–Crippen MR) is 109 cm³/mol. The van der Waals surface area contributed by atoms with Crippen molar-refractivity contribution in [1.29, 1.82) is 0 Å². The lowest BCUT2D eigenvalue weighted by molar-refractivity contribution is 0.102. The minimum Gasteiger partial charge on any atom is -0.494 e. The molecule has 1 N–H and O–H groups in total. The summed E-state index contributed by atoms with van der Waals surface area (Å²) in [6, 6.07) is 14.9. The van der Waals surface area contributed by atoms with Crippen molar-refractivity contribution in [2.45, 2.75) is 20.8 Å². The fraction of sp³-hybridized carbons (Fsp3) is 0.238. The number of nitrogens with one attached hydrogen (secondary N) is 1. The van der Waals surface area contributed by atoms with E-state index >= 15 is 0 Å². The Morgan fingerprint density at radius 3 is 2.07 bits per heavy atom. The van der Waals surface area contributed by atoms with Crippen molar-refractivity contribution in [3.63, 3.8) is 0 Å². The number of ether oxygens (including phenoxy) is 2. The molecule has 0 bridgehead atoms. The zero-order chi connectivity index (χ0) is 19.2. The molecule has 1 amide bonds. The number of hydrogen-bond donors (Lipinski definition) is 1. The van der Waals surface area contributed by atoms with Crippen LogP contribution in [0.3, 0.4) is 0 Å². The van der Waals surface area contributed by atoms with Crippen molar-refractivity contribution in [1.82, 2.24) is 4.98 Å². The van der Waals surface area contributed by atoms with Crippen LogP contribution in [0.1, 0.15) is 29.1 Å². The number of amides is 1. The van der Waals surface area contributed by atoms with E-state index < -0.39 is 0 Å². The molecule has 0 fully saturated rings. The number of benzene rings is 2. The predicted octanol–water partition coefficient (Wildman–Crippen LogP) is 5.17. The van der Waals surface area contributed by atoms with Crippen LogP contribution in [0.25, 0.3) is 11.3 Å². The van der Waals surface area contributed by atoms with Crippen LogP contribution in [0, 0.1) is 6.92 Å². The lowest BCUT2D eigenvalue weighted by Gasteiger charge is -2.05. The molecule has 0 aliphatic heterocycles. The average Bonchev–Trinajstić information content (AvgIpc) is 3.03. The van der Waals surface area contributed by atoms with Crippen LogP contribution < -0.4 is 14.8 Å². The van der Waals surface area contributed by atoms with E-state index in [2.05, 4.69) is 10.3 Å². The number of anilines is 1. The minimum atomic E-state index is -0.190. The van der Waals surface area contributed by atoms with Gasteiger partial charge < -0.3 is 9.47 Å². The minimum absolute atomic E-state index is 0.190. The second-order valence-corrected chi connectivity index (χ2v) is 7.00. The van der Waals surface area contributed by atoms with Gasteiger partial charge in [-0.25, -0.2) is 4.98 Å². The van der Waals surface area contributed by atoms with E-state index in [0.717, 1.165) is 27.6 Å². The number of aryl methyl sites for hydroxylation is 1. The maximum absolute atomic E-state index is 12.5. The van der Waals surface area contributed by atoms with Crippen LogP contribution in [0.4, 0.5) is 5.13 Å². The van der Waals surface area contributed by atoms with E-state index in [1.54, 1.807) is 24.3 Å². The van der Waals surface area contributed by atoms with Crippen molar-refractivity contribution in [3.05, 3.63) is 59.0 Å². The molecule has 0 saturated heterocycles. The molecule has 1 heterocycles. The van der Waals surface area contributed by atoms with Gasteiger partial charge in [-0.3, -0.25) is 10.1 Å². The molecule has 140 valence electrons. The van der Waals surface area contributed by atoms with Gasteiger partial charge >= 0.3 is 0 Å². The first kappa shape index (κ1) is 18.9. The molecular weight excluding hydrogens is 360 g/mol. The number of nitrogens with zero attached hydrogens (tertiary/aromatic N) is 1. The number of carbonyl (C=O) groups is 1. The number of thiazole rings is 1. The lowest BCUT2D eigenvalue weighted by atomic mass is 10.1. The van der Waals surface area contributed by atoms with E-state index in [0.29, 0.717) is 23.9 Å². The normalized spacial score (nSPS) is 10.5. The van der Waals surface area contributed by atoms with Crippen molar-refractivity contribution >= 4 is 22.4 Å². The van der Waals surface area contributed by atoms with Gasteiger partial charge in [-0.2, -0.15) is 0 Å². The molecule has 27 heavy (non-hydrogen) atoms. The summed E-state index contributed by atoms with van der Waals surface area (Å²) >= 11 is 1.46. The Kier molecular flexibility index (Phi) is 6.08. The molecule has 0 spiro atoms. The molecule has 0 unspecified atom stereocenters. The molecule has 1 aromatic heterocycles. The fourth-order valence-corrected chi connectivity index (χ4v) is 3.46. The molecule has 3 aromatic rings. The van der Waals surface area contributed by atoms with Gasteiger partial charge in [0, 0.05) is 16.0 Å². The van der Waals surface area contributed by atoms with Crippen molar-refractivity contribution in [2.75, 3.05) is 18.5 Å². The Bertz CT molecular complexity index is 902. The van der Waals surface area contributed by atoms with Crippen LogP contribution >= 0.6 is 11.3 Å². The Morgan fingerprint density at radius 1 is 0.963 bits per heavy atom. The molecular formula is C21H22N2O3S. The zero-order valence-electron chi connectivity index (χ0n) is 15.6. The molecule has 0 radical (unpaired) electrons. The summed E-state index contributed by atoms with van der Waals surface area (Å²) in [4.78, 5) is 18.1. The molecule has 0 aliphatic rings. The maximum atomic E-state index is 12.5. The fourth-order valence-electron chi connectivity index (χ4n) is 2.63. The molecule has 0 atom stereocenters. The SMILES string of the molecule is CCOc1ccc(C(=O)Nc2nc(-c3ccc(OCC)cc3)c(C)s2)cc1. The van der Waals surface area contributed by atoms with Gasteiger partial charge in [0.15, 0.2) is 5.13 Å². The van der Waals surface area contributed by atoms with E-state index in [4.69, 9.17) is 9.47 Å². The Balaban J connectivity index is 1.72. The third kappa shape index (κ3) is 4.65. The van der Waals surface area contributed by atoms with Gasteiger partial charge in [-0.05, 0) is 69.3 Å². The first-order valence-corrected chi connectivity index (χ1v) is 9.67. The van der Waals surface area contributed by atoms with Gasteiger partial charge in [-0.1, -0.05) is 0 Å². The highest BCUT2D eigenvalue weighted by Crippen LogP contribution is 2.31. The first-order valence-electron chi connectivity index (χ1n) is 8.85. The van der Waals surface area contributed by atoms with Crippen molar-refractivity contribution in [2.24, 2.45) is 0 Å². The molecule has 5 nitrogen and oxygen atoms in total. The second-order valence-electron chi connectivity index (χ2n) is 5.79. The number of rotatable bonds is 7. The number of hydrogen-bond acceptors (Lipinski definition) is 5. The molecule has 6 heteroatoms. The van der Waals surface area contributed by atoms with Gasteiger partial charge in [-0.15, -0.1) is 11.3 Å². The zero-order valence-corrected chi connectivity index (χ0v) is 16.4. The Hall–Kier alpha value is -2.86. The first-order chi connectivity index (χ1) is 13.1. The van der Waals surface area contributed by atoms with E-state index in [9.17, 15) is 4.79 Å². The standard InChI is InChI=1S/C21H22N2O3S/c1-4-25-17-10-6-15(7-11-17)19-14(3)27-21(22-19)23-20(24)16-8-12-18(13-9-16)26-5-2/h6-13H,4-5H2,1-3H3,(H,22,23,24). The highest BCUT2D eigenvalue weighted by Gasteiger charge is 2.13. The quantitative estimate of drug-likeness (QED) is 0.612. The number of carbonyl (C=O) groups excluding carboxylic acids is 1. The average molecular weight is 382 g/mol. The van der Waals surface area contributed by atoms with Crippen LogP contribution in [-0.2, 0) is 0 Å². The highest BCUT2D eigenvalue weighted by molar-refractivity contribution is 7.16. The summed E-state index contributed by atoms with van der Waals surface area (Å²) in [7, 11) is 0. The Labute approximate surface area is 163 Å². The smallest absolute Gasteiger partial charge is 0.257 e. The van der Waals surface area contributed by atoms with E-state index in [-0.39, 0.29) is 5.91 Å². The van der Waals surface area contributed by atoms with Crippen LogP contribution in [0.2, 0.25) is 0 Å². The molecule has 0 aliphatic carbocycles. The van der Waals surface area contributed by atoms with E-state index in [1.807, 2.05) is 45.0 Å². The largest absolute Gasteiger partial charge is 0.494 e. The van der Waals surface area contributed by atoms with Gasteiger partial charge in [0.05, 0.1) is 18.9 Å². The monoisotopic (exact) mass is 382 g/mol. The molecule has 2 aromatic carbocycles. The summed E-state index contributed by atoms with van der Waals surface area (Å²) in [5.74, 6) is 1.39. The van der Waals surface area contributed by atoms with Gasteiger partial charge in [0.25, 0.3) is 5.91 Å². The van der Waals surface area contributed by atoms with Crippen molar-refractivity contribution < 1.29 is 14.3 Å². The topological polar surface area (TPSA) is 60.5 Å². The maximum Gasteiger partial charge on any atom is 0.257 e. The third-order valence-electron chi connectivity index (χ3n) is 3.88. The van der Waals surface area contributed by atoms with Crippen LogP contribution in [0.5, 0.6) is 11.5 Å². The number of aromatic nitrogens is 1. The second kappa shape index (κ2) is 8.68. The van der Waals surface area contributed by atoms with Crippen LogP contribution in [-0.4, -0.2) is 24.1 Å².